The molecule has 0 unspecified atom stereocenters. The van der Waals surface area contributed by atoms with E-state index < -0.39 is 6.29 Å². The van der Waals surface area contributed by atoms with E-state index in [-0.39, 0.29) is 5.97 Å². The molecule has 96 valence electrons. The molecule has 0 aliphatic carbocycles. The molecule has 0 radical (unpaired) electrons. The first-order valence-corrected chi connectivity index (χ1v) is 5.46. The van der Waals surface area contributed by atoms with Crippen molar-refractivity contribution in [3.8, 4) is 0 Å². The van der Waals surface area contributed by atoms with Gasteiger partial charge in [0.1, 0.15) is 0 Å². The van der Waals surface area contributed by atoms with E-state index in [0.29, 0.717) is 5.56 Å². The van der Waals surface area contributed by atoms with Crippen molar-refractivity contribution in [1.82, 2.24) is 0 Å². The quantitative estimate of drug-likeness (QED) is 0.599. The summed E-state index contributed by atoms with van der Waals surface area (Å²) >= 11 is 0. The van der Waals surface area contributed by atoms with E-state index in [1.807, 2.05) is 19.9 Å². The van der Waals surface area contributed by atoms with Gasteiger partial charge in [0, 0.05) is 19.8 Å². The molecule has 1 aromatic rings. The predicted octanol–water partition coefficient (Wildman–Crippen LogP) is 2.79. The van der Waals surface area contributed by atoms with Gasteiger partial charge in [-0.25, -0.2) is 4.79 Å². The average molecular weight is 240 g/mol. The summed E-state index contributed by atoms with van der Waals surface area (Å²) < 4.78 is 14.8. The van der Waals surface area contributed by atoms with Crippen LogP contribution in [0.1, 0.15) is 36.1 Å². The number of methoxy groups -OCH3 is 3. The van der Waals surface area contributed by atoms with E-state index in [4.69, 9.17) is 9.47 Å². The number of esters is 1. The van der Waals surface area contributed by atoms with E-state index in [2.05, 4.69) is 4.74 Å². The van der Waals surface area contributed by atoms with Gasteiger partial charge in [-0.3, -0.25) is 0 Å². The van der Waals surface area contributed by atoms with Crippen molar-refractivity contribution in [1.29, 1.82) is 0 Å². The minimum Gasteiger partial charge on any atom is -0.465 e. The molecule has 4 nitrogen and oxygen atoms in total. The van der Waals surface area contributed by atoms with E-state index >= 15 is 0 Å². The van der Waals surface area contributed by atoms with Gasteiger partial charge in [0.25, 0.3) is 0 Å². The Morgan fingerprint density at radius 2 is 1.71 bits per heavy atom. The number of carbonyl (C=O) groups excluding carboxylic acids is 1. The molecule has 0 heterocycles. The van der Waals surface area contributed by atoms with Crippen molar-refractivity contribution >= 4 is 5.97 Å². The molecular weight excluding hydrogens is 220 g/mol. The van der Waals surface area contributed by atoms with Gasteiger partial charge >= 0.3 is 5.97 Å². The van der Waals surface area contributed by atoms with E-state index in [1.54, 1.807) is 32.4 Å². The molecule has 0 fully saturated rings. The molecule has 1 aromatic carbocycles. The number of benzene rings is 1. The Bertz CT molecular complexity index is 332. The Morgan fingerprint density at radius 1 is 1.12 bits per heavy atom. The molecule has 0 aliphatic heterocycles. The number of ether oxygens (including phenoxy) is 3. The molecule has 0 aliphatic rings. The molecule has 0 bridgehead atoms. The van der Waals surface area contributed by atoms with Crippen molar-refractivity contribution < 1.29 is 19.0 Å². The zero-order valence-corrected chi connectivity index (χ0v) is 11.0. The van der Waals surface area contributed by atoms with Crippen molar-refractivity contribution in [2.24, 2.45) is 0 Å². The molecule has 0 N–H and O–H groups in total. The molecule has 0 atom stereocenters. The molecule has 1 rings (SSSR count). The summed E-state index contributed by atoms with van der Waals surface area (Å²) in [6.45, 7) is 4.00. The summed E-state index contributed by atoms with van der Waals surface area (Å²) in [5.41, 5.74) is 1.26. The van der Waals surface area contributed by atoms with Crippen LogP contribution in [-0.4, -0.2) is 27.3 Å². The average Bonchev–Trinajstić information content (AvgIpc) is 2.42. The van der Waals surface area contributed by atoms with Crippen LogP contribution in [0.15, 0.2) is 24.3 Å². The molecule has 17 heavy (non-hydrogen) atoms. The maximum Gasteiger partial charge on any atom is 0.337 e. The van der Waals surface area contributed by atoms with Crippen LogP contribution in [0.3, 0.4) is 0 Å². The first-order chi connectivity index (χ1) is 8.22. The van der Waals surface area contributed by atoms with Crippen LogP contribution in [0.25, 0.3) is 0 Å². The van der Waals surface area contributed by atoms with Crippen LogP contribution in [0.5, 0.6) is 0 Å². The lowest BCUT2D eigenvalue weighted by Gasteiger charge is -2.13. The summed E-state index contributed by atoms with van der Waals surface area (Å²) in [5.74, 6) is -0.372. The Morgan fingerprint density at radius 3 is 2.18 bits per heavy atom. The summed E-state index contributed by atoms with van der Waals surface area (Å²) in [6.07, 6.45) is -0.463. The van der Waals surface area contributed by atoms with Crippen LogP contribution in [0.2, 0.25) is 0 Å². The van der Waals surface area contributed by atoms with Gasteiger partial charge in [-0.1, -0.05) is 26.0 Å². The fourth-order valence-electron chi connectivity index (χ4n) is 1.30. The lowest BCUT2D eigenvalue weighted by Crippen LogP contribution is -2.06. The maximum absolute atomic E-state index is 11.3. The second kappa shape index (κ2) is 8.73. The summed E-state index contributed by atoms with van der Waals surface area (Å²) in [7, 11) is 4.43. The summed E-state index contributed by atoms with van der Waals surface area (Å²) in [5, 5.41) is 0. The number of hydrogen-bond acceptors (Lipinski definition) is 4. The Labute approximate surface area is 102 Å². The SMILES string of the molecule is CC.COC(=O)c1cccc(C(OC)OC)c1. The largest absolute Gasteiger partial charge is 0.465 e. The van der Waals surface area contributed by atoms with Crippen molar-refractivity contribution in [3.05, 3.63) is 35.4 Å². The Hall–Kier alpha value is -1.39. The minimum absolute atomic E-state index is 0.372. The molecule has 0 amide bonds. The fraction of sp³-hybridized carbons (Fsp3) is 0.462. The third-order valence-electron chi connectivity index (χ3n) is 2.01. The normalized spacial score (nSPS) is 9.53. The van der Waals surface area contributed by atoms with Gasteiger partial charge in [-0.05, 0) is 12.1 Å². The lowest BCUT2D eigenvalue weighted by atomic mass is 10.1. The van der Waals surface area contributed by atoms with Gasteiger partial charge in [0.05, 0.1) is 12.7 Å². The zero-order chi connectivity index (χ0) is 13.3. The Kier molecular flexibility index (Phi) is 8.01. The molecule has 4 heteroatoms. The maximum atomic E-state index is 11.3. The van der Waals surface area contributed by atoms with E-state index in [1.165, 1.54) is 7.11 Å². The highest BCUT2D eigenvalue weighted by atomic mass is 16.7. The third kappa shape index (κ3) is 4.54. The highest BCUT2D eigenvalue weighted by Crippen LogP contribution is 2.18. The molecule has 0 spiro atoms. The second-order valence-electron chi connectivity index (χ2n) is 2.92. The smallest absolute Gasteiger partial charge is 0.337 e. The molecule has 0 saturated heterocycles. The third-order valence-corrected chi connectivity index (χ3v) is 2.01. The van der Waals surface area contributed by atoms with Gasteiger partial charge in [0.15, 0.2) is 6.29 Å². The van der Waals surface area contributed by atoms with Crippen LogP contribution >= 0.6 is 0 Å². The molecular formula is C13H20O4. The predicted molar refractivity (Wildman–Crippen MR) is 65.9 cm³/mol. The number of hydrogen-bond donors (Lipinski definition) is 0. The molecule has 0 aromatic heterocycles. The van der Waals surface area contributed by atoms with Gasteiger partial charge in [-0.2, -0.15) is 0 Å². The van der Waals surface area contributed by atoms with Gasteiger partial charge < -0.3 is 14.2 Å². The van der Waals surface area contributed by atoms with Crippen LogP contribution < -0.4 is 0 Å². The first-order valence-electron chi connectivity index (χ1n) is 5.46. The number of carbonyl (C=O) groups is 1. The zero-order valence-electron chi connectivity index (χ0n) is 11.0. The monoisotopic (exact) mass is 240 g/mol. The van der Waals surface area contributed by atoms with Crippen LogP contribution in [-0.2, 0) is 14.2 Å². The topological polar surface area (TPSA) is 44.8 Å². The summed E-state index contributed by atoms with van der Waals surface area (Å²) in [6, 6.07) is 6.94. The van der Waals surface area contributed by atoms with Crippen molar-refractivity contribution in [2.45, 2.75) is 20.1 Å². The molecule has 0 saturated carbocycles. The van der Waals surface area contributed by atoms with Crippen molar-refractivity contribution in [3.63, 3.8) is 0 Å². The van der Waals surface area contributed by atoms with Crippen LogP contribution in [0.4, 0.5) is 0 Å². The standard InChI is InChI=1S/C11H14O4.C2H6/c1-13-10(12)8-5-4-6-9(7-8)11(14-2)15-3;1-2/h4-7,11H,1-3H3;1-2H3. The van der Waals surface area contributed by atoms with Gasteiger partial charge in [-0.15, -0.1) is 0 Å². The van der Waals surface area contributed by atoms with Crippen molar-refractivity contribution in [2.75, 3.05) is 21.3 Å². The van der Waals surface area contributed by atoms with Crippen LogP contribution in [0, 0.1) is 0 Å². The first kappa shape index (κ1) is 15.6. The highest BCUT2D eigenvalue weighted by molar-refractivity contribution is 5.89. The summed E-state index contributed by atoms with van der Waals surface area (Å²) in [4.78, 5) is 11.3. The second-order valence-corrected chi connectivity index (χ2v) is 2.92. The highest BCUT2D eigenvalue weighted by Gasteiger charge is 2.12. The van der Waals surface area contributed by atoms with E-state index in [9.17, 15) is 4.79 Å². The van der Waals surface area contributed by atoms with E-state index in [0.717, 1.165) is 5.56 Å². The number of rotatable bonds is 4. The minimum atomic E-state index is -0.463. The fourth-order valence-corrected chi connectivity index (χ4v) is 1.30. The van der Waals surface area contributed by atoms with Gasteiger partial charge in [0.2, 0.25) is 0 Å². The lowest BCUT2D eigenvalue weighted by molar-refractivity contribution is -0.106. The Balaban J connectivity index is 0.00000121.